The molecular formula is C8H7ClF3NO2. The van der Waals surface area contributed by atoms with Crippen LogP contribution in [-0.4, -0.2) is 16.6 Å². The van der Waals surface area contributed by atoms with Gasteiger partial charge in [-0.25, -0.2) is 0 Å². The second kappa shape index (κ2) is 3.52. The van der Waals surface area contributed by atoms with E-state index < -0.39 is 28.6 Å². The number of nitrogens with zero attached hydrogens (tertiary/aromatic N) is 1. The first-order chi connectivity index (χ1) is 6.65. The maximum atomic E-state index is 12.3. The van der Waals surface area contributed by atoms with Crippen LogP contribution in [-0.2, 0) is 0 Å². The Morgan fingerprint density at radius 3 is 2.53 bits per heavy atom. The molecule has 1 aliphatic carbocycles. The molecule has 0 aromatic heterocycles. The SMILES string of the molecule is CC1([N+](=O)[O-])C=C(Cl)C=C(C(F)(F)F)C1. The zero-order valence-electron chi connectivity index (χ0n) is 7.64. The standard InChI is InChI=1S/C8H7ClF3NO2/c1-7(13(14)15)3-5(8(10,11)12)2-6(9)4-7/h2,4H,3H2,1H3. The van der Waals surface area contributed by atoms with Crippen molar-refractivity contribution in [2.24, 2.45) is 0 Å². The predicted molar refractivity (Wildman–Crippen MR) is 48.1 cm³/mol. The molecule has 0 spiro atoms. The van der Waals surface area contributed by atoms with Gasteiger partial charge in [-0.1, -0.05) is 11.6 Å². The molecule has 84 valence electrons. The van der Waals surface area contributed by atoms with Crippen LogP contribution in [0.2, 0.25) is 0 Å². The maximum Gasteiger partial charge on any atom is 0.413 e. The van der Waals surface area contributed by atoms with Gasteiger partial charge in [0.05, 0.1) is 6.42 Å². The van der Waals surface area contributed by atoms with Gasteiger partial charge in [0.1, 0.15) is 0 Å². The maximum absolute atomic E-state index is 12.3. The fraction of sp³-hybridized carbons (Fsp3) is 0.500. The third-order valence-electron chi connectivity index (χ3n) is 2.09. The Morgan fingerprint density at radius 1 is 1.60 bits per heavy atom. The molecule has 0 aliphatic heterocycles. The Balaban J connectivity index is 3.10. The summed E-state index contributed by atoms with van der Waals surface area (Å²) in [7, 11) is 0. The van der Waals surface area contributed by atoms with E-state index in [9.17, 15) is 23.3 Å². The first-order valence-electron chi connectivity index (χ1n) is 3.96. The Hall–Kier alpha value is -1.04. The summed E-state index contributed by atoms with van der Waals surface area (Å²) in [6.45, 7) is 1.11. The van der Waals surface area contributed by atoms with E-state index in [4.69, 9.17) is 11.6 Å². The summed E-state index contributed by atoms with van der Waals surface area (Å²) in [6.07, 6.45) is -3.54. The second-order valence-corrected chi connectivity index (χ2v) is 3.92. The van der Waals surface area contributed by atoms with Gasteiger partial charge in [0, 0.05) is 28.5 Å². The molecule has 15 heavy (non-hydrogen) atoms. The highest BCUT2D eigenvalue weighted by molar-refractivity contribution is 6.31. The number of nitro groups is 1. The smallest absolute Gasteiger partial charge is 0.264 e. The Morgan fingerprint density at radius 2 is 2.13 bits per heavy atom. The molecule has 1 atom stereocenters. The van der Waals surface area contributed by atoms with Crippen molar-refractivity contribution in [3.63, 3.8) is 0 Å². The predicted octanol–water partition coefficient (Wildman–Crippen LogP) is 3.04. The van der Waals surface area contributed by atoms with Crippen LogP contribution in [0.25, 0.3) is 0 Å². The molecular weight excluding hydrogens is 235 g/mol. The lowest BCUT2D eigenvalue weighted by Gasteiger charge is -2.23. The van der Waals surface area contributed by atoms with Crippen molar-refractivity contribution < 1.29 is 18.1 Å². The van der Waals surface area contributed by atoms with E-state index in [1.54, 1.807) is 0 Å². The molecule has 0 fully saturated rings. The number of halogens is 4. The monoisotopic (exact) mass is 241 g/mol. The van der Waals surface area contributed by atoms with E-state index in [2.05, 4.69) is 0 Å². The summed E-state index contributed by atoms with van der Waals surface area (Å²) < 4.78 is 37.0. The van der Waals surface area contributed by atoms with Crippen molar-refractivity contribution in [1.82, 2.24) is 0 Å². The minimum Gasteiger partial charge on any atom is -0.264 e. The first-order valence-corrected chi connectivity index (χ1v) is 4.33. The topological polar surface area (TPSA) is 43.1 Å². The zero-order valence-corrected chi connectivity index (χ0v) is 8.39. The number of hydrogen-bond acceptors (Lipinski definition) is 2. The molecule has 0 saturated carbocycles. The quantitative estimate of drug-likeness (QED) is 0.523. The van der Waals surface area contributed by atoms with Gasteiger partial charge in [0.25, 0.3) is 0 Å². The first kappa shape index (κ1) is 12.0. The molecule has 0 saturated heterocycles. The Bertz CT molecular complexity index is 361. The van der Waals surface area contributed by atoms with Crippen LogP contribution in [0.3, 0.4) is 0 Å². The fourth-order valence-corrected chi connectivity index (χ4v) is 1.66. The molecule has 0 amide bonds. The van der Waals surface area contributed by atoms with Gasteiger partial charge >= 0.3 is 6.18 Å². The Labute approximate surface area is 88.4 Å². The molecule has 0 radical (unpaired) electrons. The fourth-order valence-electron chi connectivity index (χ4n) is 1.29. The summed E-state index contributed by atoms with van der Waals surface area (Å²) in [5.74, 6) is 0. The highest BCUT2D eigenvalue weighted by Gasteiger charge is 2.46. The van der Waals surface area contributed by atoms with E-state index in [0.717, 1.165) is 13.0 Å². The van der Waals surface area contributed by atoms with E-state index >= 15 is 0 Å². The summed E-state index contributed by atoms with van der Waals surface area (Å²) in [4.78, 5) is 9.83. The normalized spacial score (nSPS) is 27.0. The van der Waals surface area contributed by atoms with Crippen molar-refractivity contribution in [3.8, 4) is 0 Å². The van der Waals surface area contributed by atoms with Gasteiger partial charge in [-0.15, -0.1) is 0 Å². The van der Waals surface area contributed by atoms with Crippen LogP contribution >= 0.6 is 11.6 Å². The molecule has 0 N–H and O–H groups in total. The number of allylic oxidation sites excluding steroid dienone is 2. The molecule has 3 nitrogen and oxygen atoms in total. The van der Waals surface area contributed by atoms with Crippen molar-refractivity contribution in [2.45, 2.75) is 25.1 Å². The number of alkyl halides is 3. The van der Waals surface area contributed by atoms with E-state index in [0.29, 0.717) is 6.08 Å². The summed E-state index contributed by atoms with van der Waals surface area (Å²) in [6, 6.07) is 0. The lowest BCUT2D eigenvalue weighted by atomic mass is 9.88. The average molecular weight is 242 g/mol. The minimum absolute atomic E-state index is 0.257. The van der Waals surface area contributed by atoms with Gasteiger partial charge in [-0.3, -0.25) is 10.1 Å². The van der Waals surface area contributed by atoms with Crippen LogP contribution in [0.4, 0.5) is 13.2 Å². The van der Waals surface area contributed by atoms with Crippen LogP contribution in [0.1, 0.15) is 13.3 Å². The van der Waals surface area contributed by atoms with Crippen molar-refractivity contribution in [1.29, 1.82) is 0 Å². The van der Waals surface area contributed by atoms with Gasteiger partial charge in [-0.05, 0) is 6.08 Å². The van der Waals surface area contributed by atoms with E-state index in [-0.39, 0.29) is 5.03 Å². The van der Waals surface area contributed by atoms with Gasteiger partial charge < -0.3 is 0 Å². The van der Waals surface area contributed by atoms with E-state index in [1.165, 1.54) is 0 Å². The molecule has 0 aromatic carbocycles. The number of rotatable bonds is 1. The van der Waals surface area contributed by atoms with Crippen LogP contribution < -0.4 is 0 Å². The summed E-state index contributed by atoms with van der Waals surface area (Å²) in [5, 5.41) is 10.3. The summed E-state index contributed by atoms with van der Waals surface area (Å²) >= 11 is 5.43. The van der Waals surface area contributed by atoms with Crippen LogP contribution in [0.15, 0.2) is 22.8 Å². The highest BCUT2D eigenvalue weighted by atomic mass is 35.5. The van der Waals surface area contributed by atoms with Crippen molar-refractivity contribution in [3.05, 3.63) is 32.9 Å². The lowest BCUT2D eigenvalue weighted by Crippen LogP contribution is -2.37. The average Bonchev–Trinajstić information content (AvgIpc) is 2.00. The lowest BCUT2D eigenvalue weighted by molar-refractivity contribution is -0.550. The van der Waals surface area contributed by atoms with Crippen LogP contribution in [0, 0.1) is 10.1 Å². The minimum atomic E-state index is -4.58. The molecule has 0 heterocycles. The zero-order chi connectivity index (χ0) is 11.9. The van der Waals surface area contributed by atoms with Gasteiger partial charge in [-0.2, -0.15) is 13.2 Å². The van der Waals surface area contributed by atoms with E-state index in [1.807, 2.05) is 0 Å². The largest absolute Gasteiger partial charge is 0.413 e. The second-order valence-electron chi connectivity index (χ2n) is 3.49. The number of hydrogen-bond donors (Lipinski definition) is 0. The third-order valence-corrected chi connectivity index (χ3v) is 2.31. The summed E-state index contributed by atoms with van der Waals surface area (Å²) in [5.41, 5.74) is -2.76. The molecule has 1 rings (SSSR count). The van der Waals surface area contributed by atoms with Gasteiger partial charge in [0.2, 0.25) is 5.54 Å². The molecule has 7 heteroatoms. The molecule has 1 aliphatic rings. The molecule has 1 unspecified atom stereocenters. The van der Waals surface area contributed by atoms with Crippen molar-refractivity contribution in [2.75, 3.05) is 0 Å². The third kappa shape index (κ3) is 2.50. The van der Waals surface area contributed by atoms with Crippen molar-refractivity contribution >= 4 is 11.6 Å². The molecule has 0 aromatic rings. The highest BCUT2D eigenvalue weighted by Crippen LogP contribution is 2.38. The molecule has 0 bridgehead atoms. The van der Waals surface area contributed by atoms with Crippen LogP contribution in [0.5, 0.6) is 0 Å². The Kier molecular flexibility index (Phi) is 2.82. The van der Waals surface area contributed by atoms with Gasteiger partial charge in [0.15, 0.2) is 0 Å².